The highest BCUT2D eigenvalue weighted by Gasteiger charge is 2.36. The van der Waals surface area contributed by atoms with Crippen molar-refractivity contribution in [1.29, 1.82) is 0 Å². The molecule has 1 aromatic heterocycles. The molecule has 0 bridgehead atoms. The van der Waals surface area contributed by atoms with Crippen LogP contribution in [-0.2, 0) is 5.41 Å². The second-order valence-electron chi connectivity index (χ2n) is 15.7. The van der Waals surface area contributed by atoms with Gasteiger partial charge in [-0.2, -0.15) is 0 Å². The molecule has 57 heavy (non-hydrogen) atoms. The number of nitrogens with zero attached hydrogens (tertiary/aromatic N) is 1. The SMILES string of the molecule is CC1(C)c2ccccc2-c2ccc(N(c3ccc(-c4ccccc4)cc3)c3c(-c4ccccc4)ccc4oc5c6ccccc6c(-c6ccccc6)cc5c34)cc21. The topological polar surface area (TPSA) is 16.4 Å². The number of hydrogen-bond acceptors (Lipinski definition) is 2. The lowest BCUT2D eigenvalue weighted by atomic mass is 9.82. The van der Waals surface area contributed by atoms with Crippen LogP contribution in [0.2, 0.25) is 0 Å². The van der Waals surface area contributed by atoms with Crippen LogP contribution >= 0.6 is 0 Å². The molecule has 0 fully saturated rings. The summed E-state index contributed by atoms with van der Waals surface area (Å²) < 4.78 is 7.01. The fourth-order valence-electron chi connectivity index (χ4n) is 9.28. The lowest BCUT2D eigenvalue weighted by Gasteiger charge is -2.30. The van der Waals surface area contributed by atoms with E-state index in [0.717, 1.165) is 55.5 Å². The van der Waals surface area contributed by atoms with Crippen LogP contribution in [0.5, 0.6) is 0 Å². The summed E-state index contributed by atoms with van der Waals surface area (Å²) in [4.78, 5) is 2.48. The van der Waals surface area contributed by atoms with Crippen LogP contribution in [0.1, 0.15) is 25.0 Å². The molecule has 0 saturated heterocycles. The van der Waals surface area contributed by atoms with Gasteiger partial charge < -0.3 is 9.32 Å². The van der Waals surface area contributed by atoms with Gasteiger partial charge in [0.2, 0.25) is 0 Å². The maximum atomic E-state index is 7.01. The average Bonchev–Trinajstić information content (AvgIpc) is 3.76. The highest BCUT2D eigenvalue weighted by atomic mass is 16.3. The van der Waals surface area contributed by atoms with Gasteiger partial charge in [0.1, 0.15) is 11.2 Å². The minimum Gasteiger partial charge on any atom is -0.455 e. The Hall–Kier alpha value is -7.16. The van der Waals surface area contributed by atoms with Crippen LogP contribution in [0.25, 0.3) is 77.2 Å². The van der Waals surface area contributed by atoms with E-state index < -0.39 is 0 Å². The Balaban J connectivity index is 1.25. The van der Waals surface area contributed by atoms with E-state index in [-0.39, 0.29) is 5.41 Å². The van der Waals surface area contributed by atoms with Crippen molar-refractivity contribution in [3.8, 4) is 44.5 Å². The van der Waals surface area contributed by atoms with Crippen LogP contribution in [0.4, 0.5) is 17.1 Å². The van der Waals surface area contributed by atoms with E-state index in [0.29, 0.717) is 0 Å². The largest absolute Gasteiger partial charge is 0.455 e. The number of hydrogen-bond donors (Lipinski definition) is 0. The van der Waals surface area contributed by atoms with Crippen molar-refractivity contribution < 1.29 is 4.42 Å². The third-order valence-corrected chi connectivity index (χ3v) is 12.1. The van der Waals surface area contributed by atoms with E-state index in [2.05, 4.69) is 219 Å². The Bertz CT molecular complexity index is 3120. The molecule has 0 saturated carbocycles. The number of rotatable bonds is 6. The van der Waals surface area contributed by atoms with Crippen LogP contribution in [0, 0.1) is 0 Å². The van der Waals surface area contributed by atoms with Gasteiger partial charge in [-0.3, -0.25) is 0 Å². The molecule has 1 heterocycles. The molecule has 0 atom stereocenters. The second-order valence-corrected chi connectivity index (χ2v) is 15.7. The van der Waals surface area contributed by atoms with Gasteiger partial charge in [0.15, 0.2) is 0 Å². The Kier molecular flexibility index (Phi) is 7.55. The van der Waals surface area contributed by atoms with Gasteiger partial charge in [-0.1, -0.05) is 172 Å². The second kappa shape index (κ2) is 13.0. The van der Waals surface area contributed by atoms with Crippen molar-refractivity contribution in [1.82, 2.24) is 0 Å². The summed E-state index contributed by atoms with van der Waals surface area (Å²) >= 11 is 0. The van der Waals surface area contributed by atoms with Crippen molar-refractivity contribution >= 4 is 49.8 Å². The van der Waals surface area contributed by atoms with Crippen LogP contribution in [0.3, 0.4) is 0 Å². The van der Waals surface area contributed by atoms with Crippen molar-refractivity contribution in [3.63, 3.8) is 0 Å². The molecule has 0 spiro atoms. The van der Waals surface area contributed by atoms with E-state index in [4.69, 9.17) is 4.42 Å². The van der Waals surface area contributed by atoms with Crippen LogP contribution in [-0.4, -0.2) is 0 Å². The summed E-state index contributed by atoms with van der Waals surface area (Å²) in [6, 6.07) is 72.6. The molecule has 1 aliphatic rings. The predicted molar refractivity (Wildman–Crippen MR) is 240 cm³/mol. The molecule has 9 aromatic carbocycles. The average molecular weight is 730 g/mol. The maximum Gasteiger partial charge on any atom is 0.143 e. The first-order valence-electron chi connectivity index (χ1n) is 19.8. The third kappa shape index (κ3) is 5.25. The molecule has 2 heteroatoms. The smallest absolute Gasteiger partial charge is 0.143 e. The Labute approximate surface area is 332 Å². The summed E-state index contributed by atoms with van der Waals surface area (Å²) in [5, 5.41) is 4.46. The van der Waals surface area contributed by atoms with Gasteiger partial charge >= 0.3 is 0 Å². The summed E-state index contributed by atoms with van der Waals surface area (Å²) in [6.45, 7) is 4.72. The van der Waals surface area contributed by atoms with Crippen LogP contribution in [0.15, 0.2) is 205 Å². The maximum absolute atomic E-state index is 7.01. The van der Waals surface area contributed by atoms with Gasteiger partial charge in [-0.25, -0.2) is 0 Å². The van der Waals surface area contributed by atoms with Crippen molar-refractivity contribution in [2.24, 2.45) is 0 Å². The molecule has 1 aliphatic carbocycles. The van der Waals surface area contributed by atoms with Gasteiger partial charge in [-0.15, -0.1) is 0 Å². The standard InChI is InChI=1S/C55H39NO/c1-55(2)49-25-15-14-23-44(49)45-31-30-41(34-50(45)55)56(40-28-26-37(27-29-40)36-16-6-3-7-17-36)53-42(38-18-8-4-9-19-38)32-33-51-52(53)48-35-47(39-20-10-5-11-21-39)43-22-12-13-24-46(43)54(48)57-51/h3-35H,1-2H3. The predicted octanol–water partition coefficient (Wildman–Crippen LogP) is 15.5. The first-order valence-corrected chi connectivity index (χ1v) is 19.8. The summed E-state index contributed by atoms with van der Waals surface area (Å²) in [5.41, 5.74) is 17.2. The van der Waals surface area contributed by atoms with E-state index >= 15 is 0 Å². The van der Waals surface area contributed by atoms with Crippen molar-refractivity contribution in [3.05, 3.63) is 211 Å². The molecule has 0 aliphatic heterocycles. The van der Waals surface area contributed by atoms with E-state index in [1.807, 2.05) is 0 Å². The van der Waals surface area contributed by atoms with Gasteiger partial charge in [0.25, 0.3) is 0 Å². The quantitative estimate of drug-likeness (QED) is 0.169. The number of anilines is 3. The minimum atomic E-state index is -0.162. The monoisotopic (exact) mass is 729 g/mol. The van der Waals surface area contributed by atoms with Gasteiger partial charge in [0.05, 0.1) is 11.1 Å². The molecule has 2 nitrogen and oxygen atoms in total. The summed E-state index contributed by atoms with van der Waals surface area (Å²) in [6.07, 6.45) is 0. The van der Waals surface area contributed by atoms with E-state index in [1.165, 1.54) is 49.9 Å². The van der Waals surface area contributed by atoms with Crippen molar-refractivity contribution in [2.75, 3.05) is 4.90 Å². The third-order valence-electron chi connectivity index (χ3n) is 12.1. The summed E-state index contributed by atoms with van der Waals surface area (Å²) in [7, 11) is 0. The number of benzene rings is 9. The molecular weight excluding hydrogens is 691 g/mol. The molecule has 0 N–H and O–H groups in total. The Morgan fingerprint density at radius 3 is 1.65 bits per heavy atom. The Morgan fingerprint density at radius 2 is 0.930 bits per heavy atom. The zero-order chi connectivity index (χ0) is 38.1. The zero-order valence-electron chi connectivity index (χ0n) is 31.9. The fraction of sp³-hybridized carbons (Fsp3) is 0.0545. The van der Waals surface area contributed by atoms with E-state index in [9.17, 15) is 0 Å². The fourth-order valence-corrected chi connectivity index (χ4v) is 9.28. The van der Waals surface area contributed by atoms with Crippen molar-refractivity contribution in [2.45, 2.75) is 19.3 Å². The van der Waals surface area contributed by atoms with Gasteiger partial charge in [0, 0.05) is 33.1 Å². The normalized spacial score (nSPS) is 12.9. The molecule has 10 aromatic rings. The molecule has 270 valence electrons. The molecular formula is C55H39NO. The summed E-state index contributed by atoms with van der Waals surface area (Å²) in [5.74, 6) is 0. The zero-order valence-corrected chi connectivity index (χ0v) is 31.9. The highest BCUT2D eigenvalue weighted by Crippen LogP contribution is 2.54. The lowest BCUT2D eigenvalue weighted by Crippen LogP contribution is -2.17. The molecule has 0 amide bonds. The first kappa shape index (κ1) is 33.2. The first-order chi connectivity index (χ1) is 28.0. The van der Waals surface area contributed by atoms with Crippen LogP contribution < -0.4 is 4.90 Å². The Morgan fingerprint density at radius 1 is 0.386 bits per heavy atom. The number of fused-ring (bicyclic) bond motifs is 8. The lowest BCUT2D eigenvalue weighted by molar-refractivity contribution is 0.660. The van der Waals surface area contributed by atoms with E-state index in [1.54, 1.807) is 0 Å². The highest BCUT2D eigenvalue weighted by molar-refractivity contribution is 6.24. The van der Waals surface area contributed by atoms with Gasteiger partial charge in [-0.05, 0) is 97.9 Å². The molecule has 0 radical (unpaired) electrons. The molecule has 0 unspecified atom stereocenters. The minimum absolute atomic E-state index is 0.162. The molecule has 11 rings (SSSR count). The number of furan rings is 1.